The molecule has 0 unspecified atom stereocenters. The quantitative estimate of drug-likeness (QED) is 0.582. The molecule has 1 fully saturated rings. The van der Waals surface area contributed by atoms with Gasteiger partial charge in [-0.25, -0.2) is 4.79 Å². The van der Waals surface area contributed by atoms with Gasteiger partial charge in [0.25, 0.3) is 0 Å². The second-order valence-corrected chi connectivity index (χ2v) is 8.53. The molecule has 2 N–H and O–H groups in total. The number of aliphatic carboxylic acids is 1. The molecule has 0 saturated carbocycles. The molecule has 3 aromatic rings. The van der Waals surface area contributed by atoms with Gasteiger partial charge in [-0.05, 0) is 54.3 Å². The van der Waals surface area contributed by atoms with Crippen LogP contribution in [0.25, 0.3) is 11.1 Å². The molecule has 2 aliphatic heterocycles. The highest BCUT2D eigenvalue weighted by molar-refractivity contribution is 5.73. The summed E-state index contributed by atoms with van der Waals surface area (Å²) in [4.78, 5) is 11.4. The Balaban J connectivity index is 0.000000344. The molecule has 9 heteroatoms. The molecule has 2 aromatic carbocycles. The van der Waals surface area contributed by atoms with E-state index in [4.69, 9.17) is 15.0 Å². The summed E-state index contributed by atoms with van der Waals surface area (Å²) in [6, 6.07) is 20.4. The Morgan fingerprint density at radius 3 is 2.03 bits per heavy atom. The Morgan fingerprint density at radius 1 is 0.971 bits per heavy atom. The topological polar surface area (TPSA) is 70.4 Å². The maximum absolute atomic E-state index is 10.6. The molecule has 0 amide bonds. The Bertz CT molecular complexity index is 1080. The average molecular weight is 473 g/mol. The molecule has 0 spiro atoms. The number of hydrogen-bond donors (Lipinski definition) is 2. The summed E-state index contributed by atoms with van der Waals surface area (Å²) >= 11 is 0. The number of fused-ring (bicyclic) bond motifs is 3. The van der Waals surface area contributed by atoms with E-state index in [9.17, 15) is 13.2 Å². The first-order chi connectivity index (χ1) is 16.3. The van der Waals surface area contributed by atoms with Crippen LogP contribution >= 0.6 is 0 Å². The maximum Gasteiger partial charge on any atom is 0.490 e. The highest BCUT2D eigenvalue weighted by atomic mass is 19.4. The number of benzene rings is 2. The Kier molecular flexibility index (Phi) is 7.33. The van der Waals surface area contributed by atoms with E-state index in [0.29, 0.717) is 6.04 Å². The van der Waals surface area contributed by atoms with Gasteiger partial charge in [0.1, 0.15) is 0 Å². The lowest BCUT2D eigenvalue weighted by atomic mass is 9.97. The van der Waals surface area contributed by atoms with E-state index in [0.717, 1.165) is 32.7 Å². The van der Waals surface area contributed by atoms with E-state index in [-0.39, 0.29) is 0 Å². The SMILES string of the molecule is O=C(O)C(F)(F)F.c1ccc2c(c1)CN(Cc1ccn(C3CCNCC3)n1)Cc1ccccc1-2. The van der Waals surface area contributed by atoms with Crippen molar-refractivity contribution in [3.63, 3.8) is 0 Å². The lowest BCUT2D eigenvalue weighted by Crippen LogP contribution is -2.29. The number of nitrogens with one attached hydrogen (secondary N) is 1. The van der Waals surface area contributed by atoms with Gasteiger partial charge < -0.3 is 10.4 Å². The molecule has 0 atom stereocenters. The van der Waals surface area contributed by atoms with Crippen molar-refractivity contribution < 1.29 is 23.1 Å². The average Bonchev–Trinajstić information content (AvgIpc) is 3.22. The predicted molar refractivity (Wildman–Crippen MR) is 122 cm³/mol. The van der Waals surface area contributed by atoms with Gasteiger partial charge in [0.2, 0.25) is 0 Å². The van der Waals surface area contributed by atoms with Gasteiger partial charge in [-0.2, -0.15) is 18.3 Å². The predicted octanol–water partition coefficient (Wildman–Crippen LogP) is 4.62. The van der Waals surface area contributed by atoms with Crippen molar-refractivity contribution in [2.24, 2.45) is 0 Å². The van der Waals surface area contributed by atoms with Crippen LogP contribution in [0.15, 0.2) is 60.8 Å². The number of halogens is 3. The molecule has 0 bridgehead atoms. The van der Waals surface area contributed by atoms with Gasteiger partial charge in [0.05, 0.1) is 11.7 Å². The monoisotopic (exact) mass is 472 g/mol. The number of piperidine rings is 1. The fourth-order valence-corrected chi connectivity index (χ4v) is 4.46. The summed E-state index contributed by atoms with van der Waals surface area (Å²) in [6.45, 7) is 5.01. The first-order valence-electron chi connectivity index (χ1n) is 11.2. The van der Waals surface area contributed by atoms with Crippen LogP contribution in [0.4, 0.5) is 13.2 Å². The summed E-state index contributed by atoms with van der Waals surface area (Å²) in [7, 11) is 0. The molecule has 2 aliphatic rings. The number of aromatic nitrogens is 2. The first-order valence-corrected chi connectivity index (χ1v) is 11.2. The standard InChI is InChI=1S/C23H26N4.C2HF3O2/c1-3-7-22-18(5-1)15-26(16-19-6-2-4-8-23(19)22)17-20-11-14-27(25-20)21-9-12-24-13-10-21;3-2(4,5)1(6)7/h1-8,11,14,21,24H,9-10,12-13,15-17H2;(H,6,7). The zero-order chi connectivity index (χ0) is 24.1. The van der Waals surface area contributed by atoms with Gasteiger partial charge >= 0.3 is 12.1 Å². The molecule has 180 valence electrons. The van der Waals surface area contributed by atoms with Crippen LogP contribution < -0.4 is 5.32 Å². The molecule has 0 radical (unpaired) electrons. The van der Waals surface area contributed by atoms with E-state index in [1.54, 1.807) is 0 Å². The maximum atomic E-state index is 10.6. The highest BCUT2D eigenvalue weighted by Crippen LogP contribution is 2.33. The molecular weight excluding hydrogens is 445 g/mol. The smallest absolute Gasteiger partial charge is 0.475 e. The fourth-order valence-electron chi connectivity index (χ4n) is 4.46. The third kappa shape index (κ3) is 5.84. The highest BCUT2D eigenvalue weighted by Gasteiger charge is 2.38. The minimum Gasteiger partial charge on any atom is -0.475 e. The second-order valence-electron chi connectivity index (χ2n) is 8.53. The summed E-state index contributed by atoms with van der Waals surface area (Å²) in [5, 5.41) is 15.5. The number of alkyl halides is 3. The number of rotatable bonds is 3. The van der Waals surface area contributed by atoms with Crippen molar-refractivity contribution in [1.82, 2.24) is 20.0 Å². The molecule has 0 aliphatic carbocycles. The minimum absolute atomic E-state index is 0.547. The zero-order valence-electron chi connectivity index (χ0n) is 18.6. The normalized spacial score (nSPS) is 16.6. The number of carboxylic acids is 1. The summed E-state index contributed by atoms with van der Waals surface area (Å²) in [5.74, 6) is -2.76. The number of nitrogens with zero attached hydrogens (tertiary/aromatic N) is 3. The van der Waals surface area contributed by atoms with Gasteiger partial charge in [-0.3, -0.25) is 9.58 Å². The van der Waals surface area contributed by atoms with Crippen molar-refractivity contribution in [2.75, 3.05) is 13.1 Å². The first kappa shape index (κ1) is 24.0. The van der Waals surface area contributed by atoms with Crippen LogP contribution in [-0.2, 0) is 24.4 Å². The third-order valence-electron chi connectivity index (χ3n) is 6.09. The number of carbonyl (C=O) groups is 1. The van der Waals surface area contributed by atoms with Crippen LogP contribution in [0.3, 0.4) is 0 Å². The lowest BCUT2D eigenvalue weighted by molar-refractivity contribution is -0.192. The second kappa shape index (κ2) is 10.4. The molecule has 34 heavy (non-hydrogen) atoms. The molecule has 5 rings (SSSR count). The minimum atomic E-state index is -5.08. The lowest BCUT2D eigenvalue weighted by Gasteiger charge is -2.23. The van der Waals surface area contributed by atoms with Crippen LogP contribution in [0.1, 0.15) is 35.7 Å². The number of carboxylic acid groups (broad SMARTS) is 1. The van der Waals surface area contributed by atoms with Gasteiger partial charge in [-0.15, -0.1) is 0 Å². The van der Waals surface area contributed by atoms with Crippen molar-refractivity contribution in [1.29, 1.82) is 0 Å². The van der Waals surface area contributed by atoms with Crippen LogP contribution in [0.5, 0.6) is 0 Å². The number of hydrogen-bond acceptors (Lipinski definition) is 4. The molecular formula is C25H27F3N4O2. The van der Waals surface area contributed by atoms with Crippen LogP contribution in [0.2, 0.25) is 0 Å². The van der Waals surface area contributed by atoms with Gasteiger partial charge in [0, 0.05) is 25.8 Å². The fraction of sp³-hybridized carbons (Fsp3) is 0.360. The molecule has 3 heterocycles. The Labute approximate surface area is 196 Å². The summed E-state index contributed by atoms with van der Waals surface area (Å²) < 4.78 is 33.9. The zero-order valence-corrected chi connectivity index (χ0v) is 18.6. The van der Waals surface area contributed by atoms with E-state index in [1.165, 1.54) is 40.8 Å². The third-order valence-corrected chi connectivity index (χ3v) is 6.09. The molecule has 1 aromatic heterocycles. The summed E-state index contributed by atoms with van der Waals surface area (Å²) in [6.07, 6.45) is -0.567. The van der Waals surface area contributed by atoms with Gasteiger partial charge in [0.15, 0.2) is 0 Å². The Morgan fingerprint density at radius 2 is 1.50 bits per heavy atom. The van der Waals surface area contributed by atoms with E-state index in [1.807, 2.05) is 0 Å². The van der Waals surface area contributed by atoms with Crippen LogP contribution in [-0.4, -0.2) is 45.0 Å². The van der Waals surface area contributed by atoms with E-state index < -0.39 is 12.1 Å². The van der Waals surface area contributed by atoms with Gasteiger partial charge in [-0.1, -0.05) is 48.5 Å². The van der Waals surface area contributed by atoms with Crippen molar-refractivity contribution in [3.05, 3.63) is 77.6 Å². The van der Waals surface area contributed by atoms with Crippen molar-refractivity contribution >= 4 is 5.97 Å². The van der Waals surface area contributed by atoms with E-state index >= 15 is 0 Å². The molecule has 1 saturated heterocycles. The van der Waals surface area contributed by atoms with Crippen molar-refractivity contribution in [2.45, 2.75) is 44.7 Å². The van der Waals surface area contributed by atoms with Crippen LogP contribution in [0, 0.1) is 0 Å². The van der Waals surface area contributed by atoms with Crippen molar-refractivity contribution in [3.8, 4) is 11.1 Å². The van der Waals surface area contributed by atoms with E-state index in [2.05, 4.69) is 75.7 Å². The summed E-state index contributed by atoms with van der Waals surface area (Å²) in [5.41, 5.74) is 6.72. The largest absolute Gasteiger partial charge is 0.490 e. The molecule has 6 nitrogen and oxygen atoms in total. The Hall–Kier alpha value is -3.17.